The molecule has 0 spiro atoms. The fourth-order valence-corrected chi connectivity index (χ4v) is 5.80. The number of ether oxygens (including phenoxy) is 2. The van der Waals surface area contributed by atoms with Crippen LogP contribution in [0.2, 0.25) is 0 Å². The molecule has 0 aliphatic carbocycles. The molecule has 1 aliphatic heterocycles. The molecular weight excluding hydrogens is 622 g/mol. The lowest BCUT2D eigenvalue weighted by Crippen LogP contribution is -2.60. The zero-order valence-electron chi connectivity index (χ0n) is 30.7. The van der Waals surface area contributed by atoms with Crippen LogP contribution in [0.15, 0.2) is 48.6 Å². The number of carbonyl (C=O) groups is 1. The van der Waals surface area contributed by atoms with Gasteiger partial charge in [-0.15, -0.1) is 0 Å². The van der Waals surface area contributed by atoms with Crippen LogP contribution in [0.3, 0.4) is 0 Å². The minimum Gasteiger partial charge on any atom is -0.394 e. The number of aliphatic hydroxyl groups is 5. The third-order valence-corrected chi connectivity index (χ3v) is 8.95. The van der Waals surface area contributed by atoms with E-state index in [1.54, 1.807) is 0 Å². The Morgan fingerprint density at radius 3 is 1.84 bits per heavy atom. The number of nitrogens with one attached hydrogen (secondary N) is 1. The van der Waals surface area contributed by atoms with E-state index < -0.39 is 49.5 Å². The predicted molar refractivity (Wildman–Crippen MR) is 198 cm³/mol. The van der Waals surface area contributed by atoms with Gasteiger partial charge in [-0.3, -0.25) is 4.79 Å². The molecule has 1 heterocycles. The van der Waals surface area contributed by atoms with Gasteiger partial charge in [0.1, 0.15) is 24.4 Å². The quantitative estimate of drug-likeness (QED) is 0.0359. The monoisotopic (exact) mass is 694 g/mol. The molecule has 284 valence electrons. The summed E-state index contributed by atoms with van der Waals surface area (Å²) >= 11 is 0. The number of allylic oxidation sites excluding steroid dienone is 8. The summed E-state index contributed by atoms with van der Waals surface area (Å²) < 4.78 is 11.1. The van der Waals surface area contributed by atoms with E-state index in [2.05, 4.69) is 67.8 Å². The second kappa shape index (κ2) is 30.9. The Morgan fingerprint density at radius 1 is 0.714 bits per heavy atom. The van der Waals surface area contributed by atoms with Crippen LogP contribution in [0, 0.1) is 0 Å². The molecular formula is C40H71NO8. The number of unbranched alkanes of at least 4 members (excludes halogenated alkanes) is 12. The fraction of sp³-hybridized carbons (Fsp3) is 0.775. The molecule has 9 heteroatoms. The van der Waals surface area contributed by atoms with Crippen molar-refractivity contribution in [2.45, 2.75) is 185 Å². The summed E-state index contributed by atoms with van der Waals surface area (Å²) in [4.78, 5) is 12.7. The van der Waals surface area contributed by atoms with Crippen molar-refractivity contribution < 1.29 is 39.8 Å². The molecule has 9 nitrogen and oxygen atoms in total. The topological polar surface area (TPSA) is 149 Å². The number of hydrogen-bond acceptors (Lipinski definition) is 8. The largest absolute Gasteiger partial charge is 0.394 e. The Labute approximate surface area is 297 Å². The highest BCUT2D eigenvalue weighted by atomic mass is 16.7. The third-order valence-electron chi connectivity index (χ3n) is 8.95. The molecule has 1 saturated heterocycles. The number of hydrogen-bond donors (Lipinski definition) is 6. The van der Waals surface area contributed by atoms with Crippen LogP contribution in [0.5, 0.6) is 0 Å². The van der Waals surface area contributed by atoms with E-state index in [0.717, 1.165) is 70.6 Å². The highest BCUT2D eigenvalue weighted by Crippen LogP contribution is 2.22. The SMILES string of the molecule is CC/C=C\C/C=C\C/C=C\C/C=C\CCCCCCCCCCCCC(=O)NC(COC1OC(CO)C(O)C(O)C1O)C(O)CCCCC. The van der Waals surface area contributed by atoms with E-state index in [1.807, 2.05) is 0 Å². The van der Waals surface area contributed by atoms with Gasteiger partial charge in [-0.1, -0.05) is 133 Å². The van der Waals surface area contributed by atoms with E-state index >= 15 is 0 Å². The predicted octanol–water partition coefficient (Wildman–Crippen LogP) is 6.72. The summed E-state index contributed by atoms with van der Waals surface area (Å²) in [7, 11) is 0. The van der Waals surface area contributed by atoms with Crippen molar-refractivity contribution in [3.05, 3.63) is 48.6 Å². The summed E-state index contributed by atoms with van der Waals surface area (Å²) in [6, 6.07) is -0.717. The van der Waals surface area contributed by atoms with E-state index in [1.165, 1.54) is 44.9 Å². The first-order valence-electron chi connectivity index (χ1n) is 19.3. The van der Waals surface area contributed by atoms with Crippen molar-refractivity contribution in [1.29, 1.82) is 0 Å². The summed E-state index contributed by atoms with van der Waals surface area (Å²) in [6.07, 6.45) is 30.6. The molecule has 0 aromatic heterocycles. The Hall–Kier alpha value is -1.85. The average molecular weight is 694 g/mol. The molecule has 1 aliphatic rings. The molecule has 7 atom stereocenters. The van der Waals surface area contributed by atoms with Crippen LogP contribution < -0.4 is 5.32 Å². The van der Waals surface area contributed by atoms with E-state index in [-0.39, 0.29) is 12.5 Å². The molecule has 1 amide bonds. The van der Waals surface area contributed by atoms with E-state index in [0.29, 0.717) is 12.8 Å². The molecule has 1 rings (SSSR count). The molecule has 0 aromatic rings. The zero-order chi connectivity index (χ0) is 36.0. The second-order valence-corrected chi connectivity index (χ2v) is 13.3. The number of rotatable bonds is 30. The van der Waals surface area contributed by atoms with Crippen LogP contribution >= 0.6 is 0 Å². The van der Waals surface area contributed by atoms with Gasteiger partial charge in [-0.2, -0.15) is 0 Å². The van der Waals surface area contributed by atoms with Crippen molar-refractivity contribution in [2.24, 2.45) is 0 Å². The molecule has 0 saturated carbocycles. The molecule has 0 aromatic carbocycles. The lowest BCUT2D eigenvalue weighted by Gasteiger charge is -2.40. The average Bonchev–Trinajstić information content (AvgIpc) is 3.10. The minimum atomic E-state index is -1.55. The second-order valence-electron chi connectivity index (χ2n) is 13.3. The van der Waals surface area contributed by atoms with Gasteiger partial charge >= 0.3 is 0 Å². The van der Waals surface area contributed by atoms with Gasteiger partial charge in [0.2, 0.25) is 5.91 Å². The summed E-state index contributed by atoms with van der Waals surface area (Å²) in [5, 5.41) is 53.4. The highest BCUT2D eigenvalue weighted by molar-refractivity contribution is 5.76. The maximum absolute atomic E-state index is 12.7. The Bertz CT molecular complexity index is 905. The molecule has 6 N–H and O–H groups in total. The molecule has 7 unspecified atom stereocenters. The number of amides is 1. The van der Waals surface area contributed by atoms with Gasteiger partial charge in [0, 0.05) is 6.42 Å². The van der Waals surface area contributed by atoms with Crippen molar-refractivity contribution in [3.8, 4) is 0 Å². The summed E-state index contributed by atoms with van der Waals surface area (Å²) in [5.74, 6) is -0.165. The van der Waals surface area contributed by atoms with Gasteiger partial charge in [-0.25, -0.2) is 0 Å². The van der Waals surface area contributed by atoms with Gasteiger partial charge in [0.25, 0.3) is 0 Å². The lowest BCUT2D eigenvalue weighted by atomic mass is 9.99. The van der Waals surface area contributed by atoms with Crippen LogP contribution in [0.25, 0.3) is 0 Å². The minimum absolute atomic E-state index is 0.147. The number of aliphatic hydroxyl groups excluding tert-OH is 5. The number of carbonyl (C=O) groups excluding carboxylic acids is 1. The lowest BCUT2D eigenvalue weighted by molar-refractivity contribution is -0.302. The fourth-order valence-electron chi connectivity index (χ4n) is 5.80. The van der Waals surface area contributed by atoms with Crippen molar-refractivity contribution in [2.75, 3.05) is 13.2 Å². The molecule has 1 fully saturated rings. The zero-order valence-corrected chi connectivity index (χ0v) is 30.7. The first-order chi connectivity index (χ1) is 23.8. The van der Waals surface area contributed by atoms with Crippen molar-refractivity contribution >= 4 is 5.91 Å². The smallest absolute Gasteiger partial charge is 0.220 e. The van der Waals surface area contributed by atoms with Crippen molar-refractivity contribution in [3.63, 3.8) is 0 Å². The molecule has 49 heavy (non-hydrogen) atoms. The maximum Gasteiger partial charge on any atom is 0.220 e. The van der Waals surface area contributed by atoms with Gasteiger partial charge < -0.3 is 40.3 Å². The van der Waals surface area contributed by atoms with Crippen LogP contribution in [-0.4, -0.2) is 87.5 Å². The van der Waals surface area contributed by atoms with Crippen LogP contribution in [0.4, 0.5) is 0 Å². The summed E-state index contributed by atoms with van der Waals surface area (Å²) in [5.41, 5.74) is 0. The standard InChI is InChI=1S/C40H71NO8/c1-3-5-7-8-9-10-11-12-13-14-15-16-17-18-19-20-21-22-23-24-25-26-28-30-36(44)41-33(34(43)29-27-6-4-2)32-48-40-39(47)38(46)37(45)35(31-42)49-40/h5,7,9-10,12-13,15-16,33-35,37-40,42-43,45-47H,3-4,6,8,11,14,17-32H2,1-2H3,(H,41,44)/b7-5-,10-9-,13-12-,16-15-. The highest BCUT2D eigenvalue weighted by Gasteiger charge is 2.44. The van der Waals surface area contributed by atoms with Gasteiger partial charge in [0.05, 0.1) is 25.4 Å². The first kappa shape index (κ1) is 45.2. The summed E-state index contributed by atoms with van der Waals surface area (Å²) in [6.45, 7) is 3.52. The maximum atomic E-state index is 12.7. The first-order valence-corrected chi connectivity index (χ1v) is 19.3. The Morgan fingerprint density at radius 2 is 1.27 bits per heavy atom. The van der Waals surface area contributed by atoms with Gasteiger partial charge in [0.15, 0.2) is 6.29 Å². The Kier molecular flexibility index (Phi) is 28.5. The normalized spacial score (nSPS) is 23.0. The van der Waals surface area contributed by atoms with Crippen LogP contribution in [0.1, 0.15) is 142 Å². The molecule has 0 bridgehead atoms. The van der Waals surface area contributed by atoms with E-state index in [4.69, 9.17) is 9.47 Å². The Balaban J connectivity index is 2.15. The van der Waals surface area contributed by atoms with E-state index in [9.17, 15) is 30.3 Å². The van der Waals surface area contributed by atoms with Crippen molar-refractivity contribution in [1.82, 2.24) is 5.32 Å². The molecule has 0 radical (unpaired) electrons. The van der Waals surface area contributed by atoms with Gasteiger partial charge in [-0.05, 0) is 51.4 Å². The van der Waals surface area contributed by atoms with Crippen LogP contribution in [-0.2, 0) is 14.3 Å². The third kappa shape index (κ3) is 22.6.